The van der Waals surface area contributed by atoms with Gasteiger partial charge >= 0.3 is 0 Å². The van der Waals surface area contributed by atoms with E-state index < -0.39 is 0 Å². The van der Waals surface area contributed by atoms with E-state index in [2.05, 4.69) is 36.3 Å². The van der Waals surface area contributed by atoms with Crippen molar-refractivity contribution < 1.29 is 13.9 Å². The van der Waals surface area contributed by atoms with Crippen molar-refractivity contribution in [1.82, 2.24) is 10.3 Å². The van der Waals surface area contributed by atoms with Crippen molar-refractivity contribution in [3.63, 3.8) is 0 Å². The Morgan fingerprint density at radius 1 is 1.09 bits per heavy atom. The zero-order valence-electron chi connectivity index (χ0n) is 18.9. The largest absolute Gasteiger partial charge is 0.496 e. The molecule has 0 aliphatic carbocycles. The molecule has 1 aliphatic rings. The van der Waals surface area contributed by atoms with Gasteiger partial charge in [0.2, 0.25) is 0 Å². The first-order chi connectivity index (χ1) is 16.5. The fourth-order valence-corrected chi connectivity index (χ4v) is 4.32. The van der Waals surface area contributed by atoms with Crippen LogP contribution >= 0.6 is 15.9 Å². The predicted molar refractivity (Wildman–Crippen MR) is 136 cm³/mol. The van der Waals surface area contributed by atoms with Crippen LogP contribution in [0.1, 0.15) is 21.5 Å². The van der Waals surface area contributed by atoms with Crippen molar-refractivity contribution in [3.8, 4) is 5.75 Å². The van der Waals surface area contributed by atoms with Crippen LogP contribution in [0.25, 0.3) is 0 Å². The topological polar surface area (TPSA) is 57.2 Å². The van der Waals surface area contributed by atoms with E-state index in [9.17, 15) is 9.18 Å². The van der Waals surface area contributed by atoms with E-state index in [1.54, 1.807) is 31.5 Å². The van der Waals surface area contributed by atoms with Gasteiger partial charge in [0, 0.05) is 54.0 Å². The van der Waals surface area contributed by atoms with Crippen LogP contribution in [0.5, 0.6) is 5.75 Å². The van der Waals surface area contributed by atoms with Crippen LogP contribution in [-0.4, -0.2) is 50.3 Å². The monoisotopic (exact) mass is 524 g/mol. The molecule has 0 bridgehead atoms. The van der Waals surface area contributed by atoms with Gasteiger partial charge in [-0.15, -0.1) is 0 Å². The zero-order valence-corrected chi connectivity index (χ0v) is 20.5. The maximum absolute atomic E-state index is 13.2. The van der Waals surface area contributed by atoms with Gasteiger partial charge < -0.3 is 9.64 Å². The highest BCUT2D eigenvalue weighted by molar-refractivity contribution is 9.10. The summed E-state index contributed by atoms with van der Waals surface area (Å²) in [5.41, 5.74) is 6.07. The summed E-state index contributed by atoms with van der Waals surface area (Å²) in [6.45, 7) is 4.27. The number of piperazine rings is 1. The Kier molecular flexibility index (Phi) is 7.92. The van der Waals surface area contributed by atoms with Crippen LogP contribution in [0.4, 0.5) is 10.1 Å². The highest BCUT2D eigenvalue weighted by Crippen LogP contribution is 2.23. The van der Waals surface area contributed by atoms with E-state index in [0.29, 0.717) is 5.56 Å². The first-order valence-electron chi connectivity index (χ1n) is 11.0. The van der Waals surface area contributed by atoms with E-state index in [-0.39, 0.29) is 11.7 Å². The van der Waals surface area contributed by atoms with Gasteiger partial charge in [0.15, 0.2) is 0 Å². The highest BCUT2D eigenvalue weighted by atomic mass is 79.9. The van der Waals surface area contributed by atoms with E-state index in [1.807, 2.05) is 36.4 Å². The lowest BCUT2D eigenvalue weighted by Gasteiger charge is -2.36. The number of hydrogen-bond acceptors (Lipinski definition) is 5. The molecule has 0 atom stereocenters. The molecule has 3 aromatic rings. The number of methoxy groups -OCH3 is 1. The minimum atomic E-state index is -0.273. The lowest BCUT2D eigenvalue weighted by Crippen LogP contribution is -2.46. The second kappa shape index (κ2) is 11.3. The average Bonchev–Trinajstić information content (AvgIpc) is 2.85. The number of halogens is 2. The lowest BCUT2D eigenvalue weighted by atomic mass is 10.1. The molecule has 1 heterocycles. The molecule has 176 valence electrons. The van der Waals surface area contributed by atoms with E-state index in [1.165, 1.54) is 12.1 Å². The molecule has 4 rings (SSSR count). The molecule has 1 fully saturated rings. The normalized spacial score (nSPS) is 14.4. The summed E-state index contributed by atoms with van der Waals surface area (Å²) in [5, 5.41) is 4.11. The van der Waals surface area contributed by atoms with E-state index in [4.69, 9.17) is 4.74 Å². The number of nitrogens with one attached hydrogen (secondary N) is 1. The quantitative estimate of drug-likeness (QED) is 0.360. The SMILES string of the molecule is COc1ccc(/C=N\NC(=O)c2cccc(Br)c2)cc1CN1CCN(c2ccc(F)cc2)CC1. The van der Waals surface area contributed by atoms with Crippen LogP contribution < -0.4 is 15.1 Å². The molecule has 1 saturated heterocycles. The number of nitrogens with zero attached hydrogens (tertiary/aromatic N) is 3. The third kappa shape index (κ3) is 6.21. The smallest absolute Gasteiger partial charge is 0.271 e. The van der Waals surface area contributed by atoms with Crippen molar-refractivity contribution in [2.75, 3.05) is 38.2 Å². The molecular weight excluding hydrogens is 499 g/mol. The van der Waals surface area contributed by atoms with Crippen molar-refractivity contribution in [2.45, 2.75) is 6.54 Å². The molecule has 0 unspecified atom stereocenters. The molecular formula is C26H26BrFN4O2. The van der Waals surface area contributed by atoms with Crippen LogP contribution in [0.3, 0.4) is 0 Å². The van der Waals surface area contributed by atoms with Gasteiger partial charge in [-0.05, 0) is 66.2 Å². The number of carbonyl (C=O) groups is 1. The number of amides is 1. The Bertz CT molecular complexity index is 1160. The number of benzene rings is 3. The third-order valence-corrected chi connectivity index (χ3v) is 6.22. The van der Waals surface area contributed by atoms with Crippen LogP contribution in [0, 0.1) is 5.82 Å². The minimum Gasteiger partial charge on any atom is -0.496 e. The van der Waals surface area contributed by atoms with Crippen molar-refractivity contribution in [2.24, 2.45) is 5.10 Å². The number of hydrogen-bond donors (Lipinski definition) is 1. The second-order valence-electron chi connectivity index (χ2n) is 8.02. The number of anilines is 1. The van der Waals surface area contributed by atoms with Gasteiger partial charge in [-0.1, -0.05) is 22.0 Å². The number of ether oxygens (including phenoxy) is 1. The Morgan fingerprint density at radius 2 is 1.85 bits per heavy atom. The van der Waals surface area contributed by atoms with E-state index >= 15 is 0 Å². The molecule has 0 aromatic heterocycles. The standard InChI is InChI=1S/C26H26BrFN4O2/c1-34-25-10-5-19(17-29-30-26(33)20-3-2-4-22(27)16-20)15-21(25)18-31-11-13-32(14-12-31)24-8-6-23(28)7-9-24/h2-10,15-17H,11-14,18H2,1H3,(H,30,33)/b29-17-. The minimum absolute atomic E-state index is 0.217. The number of hydrazone groups is 1. The third-order valence-electron chi connectivity index (χ3n) is 5.73. The molecule has 1 amide bonds. The van der Waals surface area contributed by atoms with Gasteiger partial charge in [0.25, 0.3) is 5.91 Å². The predicted octanol–water partition coefficient (Wildman–Crippen LogP) is 4.68. The van der Waals surface area contributed by atoms with Gasteiger partial charge in [-0.25, -0.2) is 9.82 Å². The van der Waals surface area contributed by atoms with Gasteiger partial charge in [0.05, 0.1) is 13.3 Å². The molecule has 0 radical (unpaired) electrons. The summed E-state index contributed by atoms with van der Waals surface area (Å²) < 4.78 is 19.6. The number of rotatable bonds is 7. The Balaban J connectivity index is 1.36. The van der Waals surface area contributed by atoms with Crippen LogP contribution in [0.2, 0.25) is 0 Å². The summed E-state index contributed by atoms with van der Waals surface area (Å²) in [6, 6.07) is 19.6. The molecule has 6 nitrogen and oxygen atoms in total. The first-order valence-corrected chi connectivity index (χ1v) is 11.8. The van der Waals surface area contributed by atoms with E-state index in [0.717, 1.165) is 59.8 Å². The maximum atomic E-state index is 13.2. The van der Waals surface area contributed by atoms with Crippen LogP contribution in [0.15, 0.2) is 76.3 Å². The Morgan fingerprint density at radius 3 is 2.56 bits per heavy atom. The fraction of sp³-hybridized carbons (Fsp3) is 0.231. The molecule has 0 saturated carbocycles. The van der Waals surface area contributed by atoms with Gasteiger partial charge in [0.1, 0.15) is 11.6 Å². The molecule has 34 heavy (non-hydrogen) atoms. The molecule has 0 spiro atoms. The molecule has 8 heteroatoms. The first kappa shape index (κ1) is 23.9. The Labute approximate surface area is 207 Å². The van der Waals surface area contributed by atoms with Crippen molar-refractivity contribution >= 4 is 33.7 Å². The van der Waals surface area contributed by atoms with Gasteiger partial charge in [-0.3, -0.25) is 9.69 Å². The summed E-state index contributed by atoms with van der Waals surface area (Å²) in [5.74, 6) is 0.326. The fourth-order valence-electron chi connectivity index (χ4n) is 3.92. The lowest BCUT2D eigenvalue weighted by molar-refractivity contribution is 0.0955. The molecule has 1 N–H and O–H groups in total. The summed E-state index contributed by atoms with van der Waals surface area (Å²) in [4.78, 5) is 16.9. The molecule has 3 aromatic carbocycles. The zero-order chi connectivity index (χ0) is 23.9. The summed E-state index contributed by atoms with van der Waals surface area (Å²) in [7, 11) is 1.66. The average molecular weight is 525 g/mol. The van der Waals surface area contributed by atoms with Crippen molar-refractivity contribution in [3.05, 3.63) is 93.7 Å². The number of carbonyl (C=O) groups excluding carboxylic acids is 1. The van der Waals surface area contributed by atoms with Crippen LogP contribution in [-0.2, 0) is 6.54 Å². The Hall–Kier alpha value is -3.23. The van der Waals surface area contributed by atoms with Crippen molar-refractivity contribution in [1.29, 1.82) is 0 Å². The highest BCUT2D eigenvalue weighted by Gasteiger charge is 2.19. The van der Waals surface area contributed by atoms with Gasteiger partial charge in [-0.2, -0.15) is 5.10 Å². The second-order valence-corrected chi connectivity index (χ2v) is 8.94. The molecule has 1 aliphatic heterocycles. The summed E-state index contributed by atoms with van der Waals surface area (Å²) in [6.07, 6.45) is 1.63. The maximum Gasteiger partial charge on any atom is 0.271 e. The summed E-state index contributed by atoms with van der Waals surface area (Å²) >= 11 is 3.36.